The van der Waals surface area contributed by atoms with E-state index in [0.29, 0.717) is 10.4 Å². The van der Waals surface area contributed by atoms with Crippen LogP contribution in [-0.4, -0.2) is 47.6 Å². The van der Waals surface area contributed by atoms with Crippen molar-refractivity contribution in [3.63, 3.8) is 0 Å². The molecule has 0 spiro atoms. The molecule has 1 heterocycles. The number of nitrogens with zero attached hydrogens (tertiary/aromatic N) is 1. The lowest BCUT2D eigenvalue weighted by molar-refractivity contribution is -0.140. The summed E-state index contributed by atoms with van der Waals surface area (Å²) in [5.74, 6) is -3.77. The Kier molecular flexibility index (Phi) is 4.34. The summed E-state index contributed by atoms with van der Waals surface area (Å²) < 4.78 is 51.8. The molecule has 116 valence electrons. The minimum Gasteiger partial charge on any atom is -0.480 e. The Morgan fingerprint density at radius 3 is 2.52 bits per heavy atom. The summed E-state index contributed by atoms with van der Waals surface area (Å²) in [6.07, 6.45) is -1.46. The molecule has 0 radical (unpaired) electrons. The molecule has 1 fully saturated rings. The maximum Gasteiger partial charge on any atom is 0.322 e. The van der Waals surface area contributed by atoms with Gasteiger partial charge in [-0.05, 0) is 22.0 Å². The fourth-order valence-electron chi connectivity index (χ4n) is 2.17. The summed E-state index contributed by atoms with van der Waals surface area (Å²) in [5.41, 5.74) is 0. The van der Waals surface area contributed by atoms with Gasteiger partial charge in [-0.15, -0.1) is 0 Å². The van der Waals surface area contributed by atoms with Gasteiger partial charge < -0.3 is 10.2 Å². The molecule has 1 aliphatic rings. The number of β-amino-alcohol motifs (C(OH)–C–C–N with tert-alkyl or cyclic N) is 1. The van der Waals surface area contributed by atoms with Crippen LogP contribution in [0.3, 0.4) is 0 Å². The molecule has 0 aliphatic carbocycles. The van der Waals surface area contributed by atoms with Gasteiger partial charge in [0.2, 0.25) is 10.0 Å². The standard InChI is InChI=1S/C11H10BrF2NO5S/c12-7-1-5(13)2-8(14)10(7)21(19,20)15-4-6(16)3-9(15)11(17)18/h1-2,6,9,16H,3-4H2,(H,17,18)/t6?,9-/m0/s1. The molecule has 0 bridgehead atoms. The molecule has 1 saturated heterocycles. The van der Waals surface area contributed by atoms with Gasteiger partial charge in [0.15, 0.2) is 0 Å². The zero-order valence-electron chi connectivity index (χ0n) is 10.3. The van der Waals surface area contributed by atoms with E-state index in [1.807, 2.05) is 0 Å². The molecule has 1 unspecified atom stereocenters. The lowest BCUT2D eigenvalue weighted by Gasteiger charge is -2.21. The maximum absolute atomic E-state index is 13.8. The van der Waals surface area contributed by atoms with Crippen molar-refractivity contribution in [2.24, 2.45) is 0 Å². The van der Waals surface area contributed by atoms with E-state index in [1.54, 1.807) is 0 Å². The highest BCUT2D eigenvalue weighted by atomic mass is 79.9. The zero-order chi connectivity index (χ0) is 15.9. The van der Waals surface area contributed by atoms with E-state index in [1.165, 1.54) is 0 Å². The van der Waals surface area contributed by atoms with E-state index in [9.17, 15) is 27.1 Å². The number of carbonyl (C=O) groups is 1. The second-order valence-corrected chi connectivity index (χ2v) is 7.20. The highest BCUT2D eigenvalue weighted by molar-refractivity contribution is 9.10. The van der Waals surface area contributed by atoms with Crippen molar-refractivity contribution >= 4 is 31.9 Å². The van der Waals surface area contributed by atoms with Crippen molar-refractivity contribution in [1.82, 2.24) is 4.31 Å². The third-order valence-electron chi connectivity index (χ3n) is 3.05. The molecule has 1 aliphatic heterocycles. The summed E-state index contributed by atoms with van der Waals surface area (Å²) in [4.78, 5) is 10.2. The van der Waals surface area contributed by atoms with Gasteiger partial charge in [-0.1, -0.05) is 0 Å². The Morgan fingerprint density at radius 2 is 2.00 bits per heavy atom. The van der Waals surface area contributed by atoms with Gasteiger partial charge in [0.05, 0.1) is 6.10 Å². The van der Waals surface area contributed by atoms with Gasteiger partial charge in [0.1, 0.15) is 22.6 Å². The Bertz CT molecular complexity index is 673. The molecule has 1 aromatic rings. The van der Waals surface area contributed by atoms with E-state index in [4.69, 9.17) is 5.11 Å². The highest BCUT2D eigenvalue weighted by Crippen LogP contribution is 2.33. The van der Waals surface area contributed by atoms with Gasteiger partial charge in [0, 0.05) is 23.5 Å². The van der Waals surface area contributed by atoms with Gasteiger partial charge in [0.25, 0.3) is 0 Å². The van der Waals surface area contributed by atoms with Gasteiger partial charge in [-0.25, -0.2) is 17.2 Å². The highest BCUT2D eigenvalue weighted by Gasteiger charge is 2.45. The Morgan fingerprint density at radius 1 is 1.38 bits per heavy atom. The first-order valence-electron chi connectivity index (χ1n) is 5.72. The number of hydrogen-bond donors (Lipinski definition) is 2. The van der Waals surface area contributed by atoms with Gasteiger partial charge >= 0.3 is 5.97 Å². The molecule has 2 atom stereocenters. The first-order chi connectivity index (χ1) is 9.64. The summed E-state index contributed by atoms with van der Waals surface area (Å²) in [6, 6.07) is -0.348. The lowest BCUT2D eigenvalue weighted by atomic mass is 10.2. The molecule has 0 aromatic heterocycles. The smallest absolute Gasteiger partial charge is 0.322 e. The number of aliphatic hydroxyl groups is 1. The number of hydrogen-bond acceptors (Lipinski definition) is 4. The monoisotopic (exact) mass is 385 g/mol. The second kappa shape index (κ2) is 5.59. The molecular weight excluding hydrogens is 376 g/mol. The van der Waals surface area contributed by atoms with E-state index in [-0.39, 0.29) is 10.9 Å². The fraction of sp³-hybridized carbons (Fsp3) is 0.364. The number of rotatable bonds is 3. The first kappa shape index (κ1) is 16.3. The maximum atomic E-state index is 13.8. The summed E-state index contributed by atoms with van der Waals surface area (Å²) >= 11 is 2.76. The van der Waals surface area contributed by atoms with Crippen molar-refractivity contribution in [3.05, 3.63) is 28.2 Å². The summed E-state index contributed by atoms with van der Waals surface area (Å²) in [5, 5.41) is 18.5. The molecule has 0 saturated carbocycles. The van der Waals surface area contributed by atoms with Crippen LogP contribution in [0.15, 0.2) is 21.5 Å². The van der Waals surface area contributed by atoms with Crippen LogP contribution in [0.2, 0.25) is 0 Å². The minimum absolute atomic E-state index is 0.297. The molecule has 1 aromatic carbocycles. The van der Waals surface area contributed by atoms with Crippen LogP contribution in [-0.2, 0) is 14.8 Å². The van der Waals surface area contributed by atoms with E-state index >= 15 is 0 Å². The van der Waals surface area contributed by atoms with Crippen LogP contribution in [0.25, 0.3) is 0 Å². The SMILES string of the molecule is O=C(O)[C@@H]1CC(O)CN1S(=O)(=O)c1c(F)cc(F)cc1Br. The van der Waals surface area contributed by atoms with Crippen LogP contribution >= 0.6 is 15.9 Å². The Labute approximate surface area is 127 Å². The first-order valence-corrected chi connectivity index (χ1v) is 7.95. The second-order valence-electron chi connectivity index (χ2n) is 4.52. The van der Waals surface area contributed by atoms with Crippen molar-refractivity contribution < 1.29 is 32.2 Å². The number of halogens is 3. The zero-order valence-corrected chi connectivity index (χ0v) is 12.7. The van der Waals surface area contributed by atoms with Crippen molar-refractivity contribution in [3.8, 4) is 0 Å². The van der Waals surface area contributed by atoms with Crippen molar-refractivity contribution in [2.45, 2.75) is 23.5 Å². The van der Waals surface area contributed by atoms with Crippen LogP contribution in [0.4, 0.5) is 8.78 Å². The van der Waals surface area contributed by atoms with Crippen LogP contribution in [0.5, 0.6) is 0 Å². The fourth-order valence-corrected chi connectivity index (χ4v) is 4.91. The number of benzene rings is 1. The quantitative estimate of drug-likeness (QED) is 0.806. The molecule has 6 nitrogen and oxygen atoms in total. The van der Waals surface area contributed by atoms with Crippen LogP contribution in [0.1, 0.15) is 6.42 Å². The van der Waals surface area contributed by atoms with Crippen LogP contribution < -0.4 is 0 Å². The molecule has 2 rings (SSSR count). The molecule has 2 N–H and O–H groups in total. The third-order valence-corrected chi connectivity index (χ3v) is 5.89. The molecular formula is C11H10BrF2NO5S. The van der Waals surface area contributed by atoms with E-state index in [2.05, 4.69) is 15.9 Å². The van der Waals surface area contributed by atoms with Crippen LogP contribution in [0, 0.1) is 11.6 Å². The largest absolute Gasteiger partial charge is 0.480 e. The Balaban J connectivity index is 2.55. The molecule has 0 amide bonds. The number of aliphatic carboxylic acids is 1. The predicted molar refractivity (Wildman–Crippen MR) is 70.0 cm³/mol. The van der Waals surface area contributed by atoms with E-state index < -0.39 is 51.2 Å². The van der Waals surface area contributed by atoms with Gasteiger partial charge in [-0.3, -0.25) is 4.79 Å². The predicted octanol–water partition coefficient (Wildman–Crippen LogP) is 0.936. The minimum atomic E-state index is -4.54. The summed E-state index contributed by atoms with van der Waals surface area (Å²) in [7, 11) is -4.54. The number of carboxylic acids is 1. The van der Waals surface area contributed by atoms with Crippen molar-refractivity contribution in [2.75, 3.05) is 6.54 Å². The third kappa shape index (κ3) is 2.93. The number of aliphatic hydroxyl groups excluding tert-OH is 1. The molecule has 21 heavy (non-hydrogen) atoms. The number of sulfonamides is 1. The van der Waals surface area contributed by atoms with Gasteiger partial charge in [-0.2, -0.15) is 4.31 Å². The normalized spacial score (nSPS) is 23.4. The lowest BCUT2D eigenvalue weighted by Crippen LogP contribution is -2.41. The summed E-state index contributed by atoms with van der Waals surface area (Å²) in [6.45, 7) is -0.470. The Hall–Kier alpha value is -1.10. The average molecular weight is 386 g/mol. The number of carboxylic acid groups (broad SMARTS) is 1. The van der Waals surface area contributed by atoms with Crippen molar-refractivity contribution in [1.29, 1.82) is 0 Å². The van der Waals surface area contributed by atoms with E-state index in [0.717, 1.165) is 6.07 Å². The molecule has 10 heteroatoms. The average Bonchev–Trinajstić information content (AvgIpc) is 2.70. The topological polar surface area (TPSA) is 94.9 Å².